The number of nitro benzene ring substituents is 1. The predicted molar refractivity (Wildman–Crippen MR) is 155 cm³/mol. The van der Waals surface area contributed by atoms with Crippen LogP contribution in [0.15, 0.2) is 65.6 Å². The van der Waals surface area contributed by atoms with Crippen LogP contribution in [0, 0.1) is 17.0 Å². The lowest BCUT2D eigenvalue weighted by Gasteiger charge is -2.09. The minimum atomic E-state index is -4.49. The molecule has 4 aromatic rings. The second-order valence-electron chi connectivity index (χ2n) is 8.95. The molecule has 0 spiro atoms. The van der Waals surface area contributed by atoms with Crippen LogP contribution < -0.4 is 14.8 Å². The van der Waals surface area contributed by atoms with Gasteiger partial charge in [-0.2, -0.15) is 0 Å². The van der Waals surface area contributed by atoms with Crippen molar-refractivity contribution in [2.75, 3.05) is 13.7 Å². The summed E-state index contributed by atoms with van der Waals surface area (Å²) in [5.41, 5.74) is 1.21. The Hall–Kier alpha value is -4.46. The Morgan fingerprint density at radius 3 is 2.33 bits per heavy atom. The minimum Gasteiger partial charge on any atom is -0.497 e. The summed E-state index contributed by atoms with van der Waals surface area (Å²) in [7, 11) is -3.02. The second-order valence-corrected chi connectivity index (χ2v) is 11.5. The van der Waals surface area contributed by atoms with E-state index < -0.39 is 43.9 Å². The Kier molecular flexibility index (Phi) is 8.85. The second kappa shape index (κ2) is 12.2. The van der Waals surface area contributed by atoms with Crippen LogP contribution in [-0.4, -0.2) is 49.3 Å². The van der Waals surface area contributed by atoms with Gasteiger partial charge in [0, 0.05) is 27.7 Å². The number of hydrogen-bond acceptors (Lipinski definition) is 8. The van der Waals surface area contributed by atoms with Crippen molar-refractivity contribution in [3.05, 3.63) is 97.6 Å². The Morgan fingerprint density at radius 2 is 1.69 bits per heavy atom. The summed E-state index contributed by atoms with van der Waals surface area (Å²) in [5, 5.41) is 14.2. The first-order valence-corrected chi connectivity index (χ1v) is 14.3. The number of benzene rings is 3. The molecule has 42 heavy (non-hydrogen) atoms. The molecule has 0 atom stereocenters. The fourth-order valence-electron chi connectivity index (χ4n) is 4.24. The molecule has 0 radical (unpaired) electrons. The lowest BCUT2D eigenvalue weighted by molar-refractivity contribution is -0.384. The molecule has 0 aliphatic carbocycles. The van der Waals surface area contributed by atoms with Gasteiger partial charge in [0.1, 0.15) is 10.8 Å². The van der Waals surface area contributed by atoms with Gasteiger partial charge in [0.2, 0.25) is 5.91 Å². The van der Waals surface area contributed by atoms with E-state index >= 15 is 0 Å². The molecule has 2 N–H and O–H groups in total. The van der Waals surface area contributed by atoms with Gasteiger partial charge in [0.05, 0.1) is 35.4 Å². The van der Waals surface area contributed by atoms with Crippen molar-refractivity contribution in [2.45, 2.75) is 18.2 Å². The number of rotatable bonds is 9. The van der Waals surface area contributed by atoms with E-state index in [0.29, 0.717) is 44.6 Å². The molecule has 0 saturated heterocycles. The molecular weight excluding hydrogens is 611 g/mol. The number of sulfonamides is 1. The molecule has 0 aliphatic rings. The predicted octanol–water partition coefficient (Wildman–Crippen LogP) is 4.03. The van der Waals surface area contributed by atoms with Crippen LogP contribution in [-0.2, 0) is 26.0 Å². The van der Waals surface area contributed by atoms with Crippen LogP contribution in [0.5, 0.6) is 5.75 Å². The molecule has 0 unspecified atom stereocenters. The first-order chi connectivity index (χ1) is 19.8. The van der Waals surface area contributed by atoms with Crippen molar-refractivity contribution < 1.29 is 32.5 Å². The van der Waals surface area contributed by atoms with Gasteiger partial charge in [-0.15, -0.1) is 0 Å². The van der Waals surface area contributed by atoms with E-state index in [4.69, 9.17) is 27.9 Å². The number of fused-ring (bicyclic) bond motifs is 1. The number of aromatic nitrogens is 1. The zero-order valence-electron chi connectivity index (χ0n) is 22.0. The summed E-state index contributed by atoms with van der Waals surface area (Å²) < 4.78 is 33.6. The van der Waals surface area contributed by atoms with E-state index in [1.807, 2.05) is 0 Å². The van der Waals surface area contributed by atoms with Crippen LogP contribution in [0.25, 0.3) is 10.9 Å². The highest BCUT2D eigenvalue weighted by Crippen LogP contribution is 2.31. The van der Waals surface area contributed by atoms with Crippen molar-refractivity contribution in [1.29, 1.82) is 0 Å². The monoisotopic (exact) mass is 632 g/mol. The van der Waals surface area contributed by atoms with Crippen LogP contribution in [0.4, 0.5) is 5.69 Å². The number of hydrogen-bond donors (Lipinski definition) is 2. The summed E-state index contributed by atoms with van der Waals surface area (Å²) in [6.07, 6.45) is -0.250. The van der Waals surface area contributed by atoms with Gasteiger partial charge < -0.3 is 10.1 Å². The maximum absolute atomic E-state index is 13.4. The Morgan fingerprint density at radius 1 is 1.00 bits per heavy atom. The van der Waals surface area contributed by atoms with Crippen molar-refractivity contribution >= 4 is 67.5 Å². The maximum atomic E-state index is 13.4. The van der Waals surface area contributed by atoms with Gasteiger partial charge in [-0.3, -0.25) is 29.1 Å². The van der Waals surface area contributed by atoms with Crippen LogP contribution >= 0.6 is 23.2 Å². The number of nitro groups is 1. The van der Waals surface area contributed by atoms with E-state index in [-0.39, 0.29) is 17.4 Å². The van der Waals surface area contributed by atoms with Crippen molar-refractivity contribution in [2.24, 2.45) is 0 Å². The van der Waals surface area contributed by atoms with E-state index in [2.05, 4.69) is 5.32 Å². The summed E-state index contributed by atoms with van der Waals surface area (Å²) >= 11 is 11.7. The first kappa shape index (κ1) is 30.5. The van der Waals surface area contributed by atoms with Crippen LogP contribution in [0.2, 0.25) is 10.0 Å². The quantitative estimate of drug-likeness (QED) is 0.206. The lowest BCUT2D eigenvalue weighted by Crippen LogP contribution is -2.40. The third-order valence-electron chi connectivity index (χ3n) is 6.29. The van der Waals surface area contributed by atoms with Gasteiger partial charge in [-0.25, -0.2) is 13.1 Å². The molecule has 0 bridgehead atoms. The molecule has 3 aromatic carbocycles. The highest BCUT2D eigenvalue weighted by Gasteiger charge is 2.24. The molecule has 0 aliphatic heterocycles. The van der Waals surface area contributed by atoms with Gasteiger partial charge in [-0.05, 0) is 67.1 Å². The number of ether oxygens (including phenoxy) is 1. The highest BCUT2D eigenvalue weighted by molar-refractivity contribution is 7.90. The number of carbonyl (C=O) groups excluding carboxylic acids is 3. The van der Waals surface area contributed by atoms with E-state index in [1.165, 1.54) is 11.7 Å². The average molecular weight is 633 g/mol. The zero-order chi connectivity index (χ0) is 30.8. The lowest BCUT2D eigenvalue weighted by atomic mass is 10.1. The van der Waals surface area contributed by atoms with Crippen molar-refractivity contribution in [3.63, 3.8) is 0 Å². The fourth-order valence-corrected chi connectivity index (χ4v) is 5.56. The minimum absolute atomic E-state index is 0.250. The summed E-state index contributed by atoms with van der Waals surface area (Å²) in [5.74, 6) is -1.57. The summed E-state index contributed by atoms with van der Waals surface area (Å²) in [6, 6.07) is 14.1. The standard InChI is InChI=1S/C27H22Cl2N4O8S/c1-15-20(21-11-18(41-2)7-10-23(21)32(15)27(36)16-3-5-17(28)6-4-16)13-25(34)30-14-26(35)31-42(39,40)19-8-9-22(29)24(12-19)33(37)38/h3-12H,13-14H2,1-2H3,(H,30,34)(H,31,35). The van der Waals surface area contributed by atoms with Gasteiger partial charge >= 0.3 is 0 Å². The molecule has 15 heteroatoms. The van der Waals surface area contributed by atoms with Crippen molar-refractivity contribution in [1.82, 2.24) is 14.6 Å². The van der Waals surface area contributed by atoms with Crippen molar-refractivity contribution in [3.8, 4) is 5.75 Å². The number of amides is 2. The van der Waals surface area contributed by atoms with E-state index in [1.54, 1.807) is 54.1 Å². The van der Waals surface area contributed by atoms with Gasteiger partial charge in [0.15, 0.2) is 0 Å². The van der Waals surface area contributed by atoms with E-state index in [9.17, 15) is 32.9 Å². The average Bonchev–Trinajstić information content (AvgIpc) is 3.21. The maximum Gasteiger partial charge on any atom is 0.289 e. The Labute approximate surface area is 249 Å². The molecule has 12 nitrogen and oxygen atoms in total. The molecule has 218 valence electrons. The molecule has 2 amide bonds. The van der Waals surface area contributed by atoms with Crippen LogP contribution in [0.1, 0.15) is 21.6 Å². The Balaban J connectivity index is 1.53. The number of nitrogens with one attached hydrogen (secondary N) is 2. The molecule has 0 fully saturated rings. The highest BCUT2D eigenvalue weighted by atomic mass is 35.5. The number of carbonyl (C=O) groups is 3. The largest absolute Gasteiger partial charge is 0.497 e. The van der Waals surface area contributed by atoms with E-state index in [0.717, 1.165) is 12.1 Å². The molecular formula is C27H22Cl2N4O8S. The summed E-state index contributed by atoms with van der Waals surface area (Å²) in [4.78, 5) is 48.3. The third-order valence-corrected chi connectivity index (χ3v) is 8.23. The number of halogens is 2. The molecule has 4 rings (SSSR count). The number of methoxy groups -OCH3 is 1. The molecule has 1 heterocycles. The van der Waals surface area contributed by atoms with Crippen LogP contribution in [0.3, 0.4) is 0 Å². The topological polar surface area (TPSA) is 167 Å². The van der Waals surface area contributed by atoms with Gasteiger partial charge in [0.25, 0.3) is 27.5 Å². The third kappa shape index (κ3) is 6.38. The molecule has 1 aromatic heterocycles. The van der Waals surface area contributed by atoms with Gasteiger partial charge in [-0.1, -0.05) is 23.2 Å². The SMILES string of the molecule is COc1ccc2c(c1)c(CC(=O)NCC(=O)NS(=O)(=O)c1ccc(Cl)c([N+](=O)[O-])c1)c(C)n2C(=O)c1ccc(Cl)cc1. The zero-order valence-corrected chi connectivity index (χ0v) is 24.3. The first-order valence-electron chi connectivity index (χ1n) is 12.1. The fraction of sp³-hybridized carbons (Fsp3) is 0.148. The summed E-state index contributed by atoms with van der Waals surface area (Å²) in [6.45, 7) is 0.964. The normalized spacial score (nSPS) is 11.2. The smallest absolute Gasteiger partial charge is 0.289 e. The molecule has 0 saturated carbocycles. The Bertz CT molecular complexity index is 1850. The number of nitrogens with zero attached hydrogens (tertiary/aromatic N) is 2.